The highest BCUT2D eigenvalue weighted by Gasteiger charge is 2.28. The fraction of sp³-hybridized carbons (Fsp3) is 0.500. The van der Waals surface area contributed by atoms with E-state index < -0.39 is 0 Å². The van der Waals surface area contributed by atoms with Gasteiger partial charge in [0.1, 0.15) is 0 Å². The van der Waals surface area contributed by atoms with E-state index in [1.54, 1.807) is 0 Å². The van der Waals surface area contributed by atoms with Crippen LogP contribution in [0.25, 0.3) is 0 Å². The van der Waals surface area contributed by atoms with E-state index in [1.165, 1.54) is 17.5 Å². The van der Waals surface area contributed by atoms with Crippen LogP contribution < -0.4 is 5.32 Å². The van der Waals surface area contributed by atoms with Crippen molar-refractivity contribution >= 4 is 29.9 Å². The first-order valence-corrected chi connectivity index (χ1v) is 9.16. The lowest BCUT2D eigenvalue weighted by atomic mass is 9.93. The highest BCUT2D eigenvalue weighted by molar-refractivity contribution is 14.0. The SMILES string of the molecule is CN=C(NCCc1ccccc1C)N1CCC(C)C(n2ccnc2)C1.I. The van der Waals surface area contributed by atoms with Gasteiger partial charge in [0, 0.05) is 39.1 Å². The molecule has 0 radical (unpaired) electrons. The zero-order chi connectivity index (χ0) is 17.6. The van der Waals surface area contributed by atoms with E-state index in [1.807, 2.05) is 19.6 Å². The normalized spacial score (nSPS) is 20.6. The Morgan fingerprint density at radius 3 is 2.85 bits per heavy atom. The van der Waals surface area contributed by atoms with Gasteiger partial charge < -0.3 is 14.8 Å². The zero-order valence-electron chi connectivity index (χ0n) is 15.9. The topological polar surface area (TPSA) is 45.5 Å². The maximum absolute atomic E-state index is 4.51. The average molecular weight is 467 g/mol. The first-order chi connectivity index (χ1) is 12.2. The third-order valence-corrected chi connectivity index (χ3v) is 5.28. The minimum Gasteiger partial charge on any atom is -0.356 e. The third-order valence-electron chi connectivity index (χ3n) is 5.28. The molecule has 26 heavy (non-hydrogen) atoms. The van der Waals surface area contributed by atoms with Crippen molar-refractivity contribution < 1.29 is 0 Å². The van der Waals surface area contributed by atoms with Crippen molar-refractivity contribution in [2.45, 2.75) is 32.7 Å². The molecule has 2 heterocycles. The van der Waals surface area contributed by atoms with Crippen LogP contribution in [0.1, 0.15) is 30.5 Å². The molecule has 1 saturated heterocycles. The monoisotopic (exact) mass is 467 g/mol. The van der Waals surface area contributed by atoms with Crippen LogP contribution in [0.5, 0.6) is 0 Å². The molecule has 2 atom stereocenters. The highest BCUT2D eigenvalue weighted by atomic mass is 127. The molecule has 1 aromatic carbocycles. The third kappa shape index (κ3) is 4.99. The van der Waals surface area contributed by atoms with Gasteiger partial charge in [-0.3, -0.25) is 4.99 Å². The van der Waals surface area contributed by atoms with Gasteiger partial charge in [0.05, 0.1) is 12.4 Å². The summed E-state index contributed by atoms with van der Waals surface area (Å²) >= 11 is 0. The predicted octanol–water partition coefficient (Wildman–Crippen LogP) is 3.51. The number of nitrogens with zero attached hydrogens (tertiary/aromatic N) is 4. The average Bonchev–Trinajstić information content (AvgIpc) is 3.15. The molecule has 0 amide bonds. The molecule has 1 fully saturated rings. The van der Waals surface area contributed by atoms with E-state index in [2.05, 4.69) is 69.1 Å². The van der Waals surface area contributed by atoms with Gasteiger partial charge in [-0.05, 0) is 36.8 Å². The number of aromatic nitrogens is 2. The summed E-state index contributed by atoms with van der Waals surface area (Å²) in [6.45, 7) is 7.43. The molecule has 1 aliphatic rings. The molecule has 6 heteroatoms. The van der Waals surface area contributed by atoms with Gasteiger partial charge in [-0.25, -0.2) is 4.98 Å². The van der Waals surface area contributed by atoms with Crippen molar-refractivity contribution in [1.82, 2.24) is 19.8 Å². The van der Waals surface area contributed by atoms with Gasteiger partial charge in [0.25, 0.3) is 0 Å². The molecular weight excluding hydrogens is 437 g/mol. The minimum atomic E-state index is 0. The van der Waals surface area contributed by atoms with Crippen molar-refractivity contribution in [3.63, 3.8) is 0 Å². The molecule has 0 aliphatic carbocycles. The second-order valence-electron chi connectivity index (χ2n) is 6.94. The van der Waals surface area contributed by atoms with Crippen LogP contribution >= 0.6 is 24.0 Å². The maximum atomic E-state index is 4.51. The largest absolute Gasteiger partial charge is 0.356 e. The Kier molecular flexibility index (Phi) is 7.93. The van der Waals surface area contributed by atoms with Crippen molar-refractivity contribution in [3.8, 4) is 0 Å². The lowest BCUT2D eigenvalue weighted by Crippen LogP contribution is -2.49. The number of aliphatic imine (C=N–C) groups is 1. The smallest absolute Gasteiger partial charge is 0.193 e. The Bertz CT molecular complexity index is 698. The number of benzene rings is 1. The Hall–Kier alpha value is -1.57. The standard InChI is InChI=1S/C20H29N5.HI/c1-16-6-4-5-7-18(16)8-10-23-20(21-3)24-12-9-17(2)19(14-24)25-13-11-22-15-25;/h4-7,11,13,15,17,19H,8-10,12,14H2,1-3H3,(H,21,23);1H. The molecule has 2 aromatic rings. The van der Waals surface area contributed by atoms with Crippen LogP contribution in [0.3, 0.4) is 0 Å². The van der Waals surface area contributed by atoms with Crippen molar-refractivity contribution in [2.75, 3.05) is 26.7 Å². The molecule has 0 bridgehead atoms. The number of aryl methyl sites for hydroxylation is 1. The quantitative estimate of drug-likeness (QED) is 0.426. The molecule has 5 nitrogen and oxygen atoms in total. The van der Waals surface area contributed by atoms with Crippen molar-refractivity contribution in [1.29, 1.82) is 0 Å². The summed E-state index contributed by atoms with van der Waals surface area (Å²) in [5, 5.41) is 3.55. The molecule has 3 rings (SSSR count). The van der Waals surface area contributed by atoms with E-state index in [-0.39, 0.29) is 24.0 Å². The van der Waals surface area contributed by atoms with Gasteiger partial charge in [-0.2, -0.15) is 0 Å². The molecule has 1 aromatic heterocycles. The Balaban J connectivity index is 0.00000243. The van der Waals surface area contributed by atoms with E-state index in [4.69, 9.17) is 0 Å². The summed E-state index contributed by atoms with van der Waals surface area (Å²) in [5.41, 5.74) is 2.75. The number of likely N-dealkylation sites (tertiary alicyclic amines) is 1. The van der Waals surface area contributed by atoms with E-state index >= 15 is 0 Å². The van der Waals surface area contributed by atoms with Gasteiger partial charge in [-0.1, -0.05) is 31.2 Å². The first-order valence-electron chi connectivity index (χ1n) is 9.16. The van der Waals surface area contributed by atoms with Crippen LogP contribution in [0.15, 0.2) is 48.0 Å². The fourth-order valence-electron chi connectivity index (χ4n) is 3.63. The highest BCUT2D eigenvalue weighted by Crippen LogP contribution is 2.27. The number of hydrogen-bond donors (Lipinski definition) is 1. The van der Waals surface area contributed by atoms with Crippen molar-refractivity contribution in [2.24, 2.45) is 10.9 Å². The maximum Gasteiger partial charge on any atom is 0.193 e. The van der Waals surface area contributed by atoms with Crippen LogP contribution in [0.4, 0.5) is 0 Å². The Morgan fingerprint density at radius 1 is 1.35 bits per heavy atom. The number of imidazole rings is 1. The van der Waals surface area contributed by atoms with Gasteiger partial charge in [0.15, 0.2) is 5.96 Å². The Morgan fingerprint density at radius 2 is 2.15 bits per heavy atom. The molecule has 0 saturated carbocycles. The van der Waals surface area contributed by atoms with Gasteiger partial charge in [-0.15, -0.1) is 24.0 Å². The fourth-order valence-corrected chi connectivity index (χ4v) is 3.63. The molecule has 0 spiro atoms. The number of halogens is 1. The summed E-state index contributed by atoms with van der Waals surface area (Å²) in [7, 11) is 1.88. The second kappa shape index (κ2) is 9.94. The molecule has 1 N–H and O–H groups in total. The summed E-state index contributed by atoms with van der Waals surface area (Å²) < 4.78 is 2.23. The molecule has 2 unspecified atom stereocenters. The van der Waals surface area contributed by atoms with Gasteiger partial charge in [0.2, 0.25) is 0 Å². The summed E-state index contributed by atoms with van der Waals surface area (Å²) in [6, 6.07) is 9.03. The van der Waals surface area contributed by atoms with Gasteiger partial charge >= 0.3 is 0 Å². The second-order valence-corrected chi connectivity index (χ2v) is 6.94. The number of guanidine groups is 1. The van der Waals surface area contributed by atoms with Crippen LogP contribution in [0.2, 0.25) is 0 Å². The Labute approximate surface area is 173 Å². The lowest BCUT2D eigenvalue weighted by Gasteiger charge is -2.39. The number of nitrogens with one attached hydrogen (secondary N) is 1. The predicted molar refractivity (Wildman–Crippen MR) is 118 cm³/mol. The molecular formula is C20H30IN5. The van der Waals surface area contributed by atoms with Crippen LogP contribution in [-0.2, 0) is 6.42 Å². The lowest BCUT2D eigenvalue weighted by molar-refractivity contribution is 0.189. The zero-order valence-corrected chi connectivity index (χ0v) is 18.3. The van der Waals surface area contributed by atoms with E-state index in [0.717, 1.165) is 32.0 Å². The number of rotatable bonds is 4. The first kappa shape index (κ1) is 20.7. The molecule has 142 valence electrons. The van der Waals surface area contributed by atoms with E-state index in [0.29, 0.717) is 12.0 Å². The van der Waals surface area contributed by atoms with Crippen LogP contribution in [0, 0.1) is 12.8 Å². The van der Waals surface area contributed by atoms with Crippen molar-refractivity contribution in [3.05, 3.63) is 54.1 Å². The van der Waals surface area contributed by atoms with E-state index in [9.17, 15) is 0 Å². The summed E-state index contributed by atoms with van der Waals surface area (Å²) in [5.74, 6) is 1.65. The number of piperidine rings is 1. The summed E-state index contributed by atoms with van der Waals surface area (Å²) in [4.78, 5) is 11.1. The molecule has 1 aliphatic heterocycles. The van der Waals surface area contributed by atoms with Crippen LogP contribution in [-0.4, -0.2) is 47.1 Å². The number of hydrogen-bond acceptors (Lipinski definition) is 2. The summed E-state index contributed by atoms with van der Waals surface area (Å²) in [6.07, 6.45) is 8.04. The minimum absolute atomic E-state index is 0.